The quantitative estimate of drug-likeness (QED) is 0.827. The van der Waals surface area contributed by atoms with Crippen LogP contribution in [-0.2, 0) is 4.79 Å². The maximum atomic E-state index is 12.7. The Kier molecular flexibility index (Phi) is 5.54. The van der Waals surface area contributed by atoms with E-state index in [1.54, 1.807) is 43.0 Å². The van der Waals surface area contributed by atoms with Crippen molar-refractivity contribution in [2.75, 3.05) is 13.1 Å². The van der Waals surface area contributed by atoms with Gasteiger partial charge in [-0.25, -0.2) is 0 Å². The number of nitrogens with zero attached hydrogens (tertiary/aromatic N) is 1. The Morgan fingerprint density at radius 1 is 1.28 bits per heavy atom. The van der Waals surface area contributed by atoms with Crippen molar-refractivity contribution >= 4 is 11.9 Å². The molecular formula is C20H25NO4. The van der Waals surface area contributed by atoms with Gasteiger partial charge in [0.05, 0.1) is 5.41 Å². The molecule has 1 aliphatic heterocycles. The number of hydrogen-bond acceptors (Lipinski definition) is 3. The summed E-state index contributed by atoms with van der Waals surface area (Å²) in [7, 11) is 0. The molecule has 0 saturated carbocycles. The second kappa shape index (κ2) is 7.28. The van der Waals surface area contributed by atoms with Crippen molar-refractivity contribution < 1.29 is 19.8 Å². The smallest absolute Gasteiger partial charge is 0.311 e. The van der Waals surface area contributed by atoms with E-state index in [0.717, 1.165) is 0 Å². The van der Waals surface area contributed by atoms with E-state index in [2.05, 4.69) is 11.8 Å². The highest BCUT2D eigenvalue weighted by atomic mass is 16.4. The Balaban J connectivity index is 2.15. The van der Waals surface area contributed by atoms with Crippen LogP contribution in [0.15, 0.2) is 24.3 Å². The van der Waals surface area contributed by atoms with E-state index < -0.39 is 17.0 Å². The van der Waals surface area contributed by atoms with Crippen molar-refractivity contribution in [2.24, 2.45) is 5.41 Å². The molecule has 1 aromatic carbocycles. The summed E-state index contributed by atoms with van der Waals surface area (Å²) in [6.45, 7) is 5.90. The van der Waals surface area contributed by atoms with E-state index in [-0.39, 0.29) is 12.5 Å². The molecule has 2 rings (SSSR count). The predicted octanol–water partition coefficient (Wildman–Crippen LogP) is 2.53. The largest absolute Gasteiger partial charge is 0.481 e. The first kappa shape index (κ1) is 19.0. The normalized spacial score (nSPS) is 20.6. The van der Waals surface area contributed by atoms with Crippen LogP contribution in [-0.4, -0.2) is 45.7 Å². The van der Waals surface area contributed by atoms with Crippen molar-refractivity contribution in [1.29, 1.82) is 0 Å². The van der Waals surface area contributed by atoms with Crippen LogP contribution < -0.4 is 0 Å². The van der Waals surface area contributed by atoms with Gasteiger partial charge in [-0.3, -0.25) is 9.59 Å². The summed E-state index contributed by atoms with van der Waals surface area (Å²) < 4.78 is 0. The van der Waals surface area contributed by atoms with E-state index >= 15 is 0 Å². The van der Waals surface area contributed by atoms with Gasteiger partial charge in [-0.15, -0.1) is 0 Å². The average molecular weight is 343 g/mol. The maximum Gasteiger partial charge on any atom is 0.311 e. The minimum atomic E-state index is -1.07. The van der Waals surface area contributed by atoms with Gasteiger partial charge in [0, 0.05) is 24.2 Å². The van der Waals surface area contributed by atoms with Crippen LogP contribution in [0.4, 0.5) is 0 Å². The van der Waals surface area contributed by atoms with Crippen molar-refractivity contribution in [3.63, 3.8) is 0 Å². The molecule has 0 unspecified atom stereocenters. The number of aliphatic carboxylic acids is 1. The Morgan fingerprint density at radius 3 is 2.44 bits per heavy atom. The van der Waals surface area contributed by atoms with Gasteiger partial charge >= 0.3 is 5.97 Å². The van der Waals surface area contributed by atoms with Crippen LogP contribution in [0, 0.1) is 17.3 Å². The number of amides is 1. The van der Waals surface area contributed by atoms with Crippen LogP contribution >= 0.6 is 0 Å². The summed E-state index contributed by atoms with van der Waals surface area (Å²) >= 11 is 0. The monoisotopic (exact) mass is 343 g/mol. The molecule has 5 heteroatoms. The summed E-state index contributed by atoms with van der Waals surface area (Å²) in [5.74, 6) is 4.61. The van der Waals surface area contributed by atoms with E-state index in [9.17, 15) is 19.8 Å². The third-order valence-electron chi connectivity index (χ3n) is 4.64. The number of likely N-dealkylation sites (tertiary alicyclic amines) is 1. The van der Waals surface area contributed by atoms with E-state index in [1.165, 1.54) is 0 Å². The molecule has 2 N–H and O–H groups in total. The number of carboxylic acid groups (broad SMARTS) is 1. The predicted molar refractivity (Wildman–Crippen MR) is 95.1 cm³/mol. The lowest BCUT2D eigenvalue weighted by atomic mass is 9.77. The molecule has 1 amide bonds. The third kappa shape index (κ3) is 4.61. The van der Waals surface area contributed by atoms with Gasteiger partial charge in [-0.1, -0.05) is 18.8 Å². The number of carbonyl (C=O) groups excluding carboxylic acids is 1. The number of carboxylic acids is 1. The highest BCUT2D eigenvalue weighted by Crippen LogP contribution is 2.34. The first-order valence-electron chi connectivity index (χ1n) is 8.55. The molecule has 134 valence electrons. The van der Waals surface area contributed by atoms with Crippen LogP contribution in [0.2, 0.25) is 0 Å². The third-order valence-corrected chi connectivity index (χ3v) is 4.64. The SMILES string of the molecule is CC[C@@]1(C(=O)O)CCCN(C(=O)c2ccc(C#CC(C)(C)O)cc2)C1. The van der Waals surface area contributed by atoms with E-state index in [4.69, 9.17) is 0 Å². The maximum absolute atomic E-state index is 12.7. The Bertz CT molecular complexity index is 706. The number of hydrogen-bond donors (Lipinski definition) is 2. The minimum absolute atomic E-state index is 0.152. The molecule has 0 bridgehead atoms. The van der Waals surface area contributed by atoms with Gasteiger partial charge in [0.15, 0.2) is 0 Å². The fraction of sp³-hybridized carbons (Fsp3) is 0.500. The molecule has 1 atom stereocenters. The van der Waals surface area contributed by atoms with Crippen molar-refractivity contribution in [1.82, 2.24) is 4.90 Å². The number of aliphatic hydroxyl groups is 1. The fourth-order valence-corrected chi connectivity index (χ4v) is 3.02. The molecule has 0 aromatic heterocycles. The summed E-state index contributed by atoms with van der Waals surface area (Å²) in [6, 6.07) is 6.86. The molecular weight excluding hydrogens is 318 g/mol. The Hall–Kier alpha value is -2.32. The van der Waals surface area contributed by atoms with Gasteiger partial charge in [0.2, 0.25) is 0 Å². The van der Waals surface area contributed by atoms with E-state index in [0.29, 0.717) is 36.9 Å². The van der Waals surface area contributed by atoms with Crippen LogP contribution in [0.3, 0.4) is 0 Å². The summed E-state index contributed by atoms with van der Waals surface area (Å²) in [5.41, 5.74) is -0.675. The van der Waals surface area contributed by atoms with Gasteiger partial charge in [-0.05, 0) is 57.4 Å². The summed E-state index contributed by atoms with van der Waals surface area (Å²) in [6.07, 6.45) is 1.81. The second-order valence-corrected chi connectivity index (χ2v) is 7.16. The molecule has 1 saturated heterocycles. The highest BCUT2D eigenvalue weighted by Gasteiger charge is 2.42. The molecule has 5 nitrogen and oxygen atoms in total. The molecule has 1 heterocycles. The van der Waals surface area contributed by atoms with Crippen molar-refractivity contribution in [2.45, 2.75) is 45.6 Å². The number of carbonyl (C=O) groups is 2. The lowest BCUT2D eigenvalue weighted by Crippen LogP contribution is -2.49. The number of benzene rings is 1. The van der Waals surface area contributed by atoms with Crippen LogP contribution in [0.25, 0.3) is 0 Å². The van der Waals surface area contributed by atoms with Crippen LogP contribution in [0.1, 0.15) is 56.0 Å². The van der Waals surface area contributed by atoms with Gasteiger partial charge in [-0.2, -0.15) is 0 Å². The lowest BCUT2D eigenvalue weighted by molar-refractivity contribution is -0.152. The van der Waals surface area contributed by atoms with Gasteiger partial charge < -0.3 is 15.1 Å². The average Bonchev–Trinajstić information content (AvgIpc) is 2.59. The van der Waals surface area contributed by atoms with Crippen LogP contribution in [0.5, 0.6) is 0 Å². The van der Waals surface area contributed by atoms with E-state index in [1.807, 2.05) is 6.92 Å². The molecule has 0 aliphatic carbocycles. The standard InChI is InChI=1S/C20H25NO4/c1-4-20(18(23)24)11-5-13-21(14-20)17(22)16-8-6-15(7-9-16)10-12-19(2,3)25/h6-9,25H,4-5,11,13-14H2,1-3H3,(H,23,24)/t20-/m1/s1. The zero-order valence-electron chi connectivity index (χ0n) is 15.0. The topological polar surface area (TPSA) is 77.8 Å². The zero-order valence-corrected chi connectivity index (χ0v) is 15.0. The van der Waals surface area contributed by atoms with Gasteiger partial charge in [0.1, 0.15) is 5.60 Å². The van der Waals surface area contributed by atoms with Crippen molar-refractivity contribution in [3.8, 4) is 11.8 Å². The fourth-order valence-electron chi connectivity index (χ4n) is 3.02. The number of rotatable bonds is 3. The molecule has 1 aromatic rings. The molecule has 1 aliphatic rings. The molecule has 0 radical (unpaired) electrons. The first-order valence-corrected chi connectivity index (χ1v) is 8.55. The zero-order chi connectivity index (χ0) is 18.7. The summed E-state index contributed by atoms with van der Waals surface area (Å²) in [4.78, 5) is 26.0. The van der Waals surface area contributed by atoms with Crippen molar-refractivity contribution in [3.05, 3.63) is 35.4 Å². The summed E-state index contributed by atoms with van der Waals surface area (Å²) in [5, 5.41) is 19.2. The lowest BCUT2D eigenvalue weighted by Gasteiger charge is -2.39. The highest BCUT2D eigenvalue weighted by molar-refractivity contribution is 5.94. The number of piperidine rings is 1. The molecule has 1 fully saturated rings. The Labute approximate surface area is 148 Å². The molecule has 25 heavy (non-hydrogen) atoms. The first-order chi connectivity index (χ1) is 11.7. The van der Waals surface area contributed by atoms with Gasteiger partial charge in [0.25, 0.3) is 5.91 Å². The minimum Gasteiger partial charge on any atom is -0.481 e. The second-order valence-electron chi connectivity index (χ2n) is 7.16. The molecule has 0 spiro atoms. The Morgan fingerprint density at radius 2 is 1.92 bits per heavy atom.